The van der Waals surface area contributed by atoms with E-state index in [-0.39, 0.29) is 34.4 Å². The highest BCUT2D eigenvalue weighted by Gasteiger charge is 2.50. The van der Waals surface area contributed by atoms with Gasteiger partial charge in [-0.2, -0.15) is 0 Å². The average molecular weight is 622 g/mol. The maximum Gasteiger partial charge on any atom is 0.261 e. The number of aryl methyl sites for hydroxylation is 1. The molecule has 0 radical (unpaired) electrons. The lowest BCUT2D eigenvalue weighted by molar-refractivity contribution is -0.00532. The Labute approximate surface area is 260 Å². The van der Waals surface area contributed by atoms with Gasteiger partial charge < -0.3 is 23.7 Å². The number of nitrogens with zero attached hydrogens (tertiary/aromatic N) is 3. The SMILES string of the molecule is C[C@@H]1CN(c2c(CO[Si](c3ccccc3)(c3ccccc3)C(C)(C)C)cc(C(O)c3nccn3C)c(F)c2Cl)C[C@H](C)O1. The first-order valence-electron chi connectivity index (χ1n) is 14.8. The van der Waals surface area contributed by atoms with Gasteiger partial charge in [-0.3, -0.25) is 0 Å². The van der Waals surface area contributed by atoms with E-state index < -0.39 is 20.2 Å². The predicted molar refractivity (Wildman–Crippen MR) is 173 cm³/mol. The van der Waals surface area contributed by atoms with Crippen LogP contribution in [0, 0.1) is 5.82 Å². The Kier molecular flexibility index (Phi) is 9.16. The number of halogens is 2. The molecule has 9 heteroatoms. The molecule has 0 aliphatic carbocycles. The van der Waals surface area contributed by atoms with E-state index in [9.17, 15) is 5.11 Å². The second-order valence-electron chi connectivity index (χ2n) is 12.5. The standard InChI is InChI=1S/C34H41ClFN3O3Si/c1-23-20-39(21-24(2)42-23)31-25(19-28(30(36)29(31)35)32(40)33-37-17-18-38(33)6)22-41-43(34(3,4)5,26-13-9-7-10-14-26)27-15-11-8-12-16-27/h7-19,23-24,32,40H,20-22H2,1-6H3/t23-,24+,32?. The molecule has 1 N–H and O–H groups in total. The summed E-state index contributed by atoms with van der Waals surface area (Å²) in [6.45, 7) is 11.9. The van der Waals surface area contributed by atoms with Crippen LogP contribution in [0.15, 0.2) is 79.1 Å². The maximum atomic E-state index is 16.1. The van der Waals surface area contributed by atoms with Crippen LogP contribution >= 0.6 is 11.6 Å². The topological polar surface area (TPSA) is 59.8 Å². The molecule has 2 heterocycles. The van der Waals surface area contributed by atoms with Crippen LogP contribution in [0.25, 0.3) is 0 Å². The minimum atomic E-state index is -2.93. The van der Waals surface area contributed by atoms with Crippen LogP contribution < -0.4 is 15.3 Å². The van der Waals surface area contributed by atoms with E-state index >= 15 is 4.39 Å². The third kappa shape index (κ3) is 6.04. The van der Waals surface area contributed by atoms with Crippen molar-refractivity contribution in [1.29, 1.82) is 0 Å². The summed E-state index contributed by atoms with van der Waals surface area (Å²) in [6.07, 6.45) is 1.87. The molecule has 0 spiro atoms. The predicted octanol–water partition coefficient (Wildman–Crippen LogP) is 5.98. The molecule has 1 fully saturated rings. The van der Waals surface area contributed by atoms with E-state index in [0.717, 1.165) is 10.4 Å². The van der Waals surface area contributed by atoms with Crippen molar-refractivity contribution in [3.8, 4) is 0 Å². The number of aliphatic hydroxyl groups is 1. The second kappa shape index (κ2) is 12.5. The average Bonchev–Trinajstić information content (AvgIpc) is 3.40. The maximum absolute atomic E-state index is 16.1. The number of benzene rings is 3. The van der Waals surface area contributed by atoms with E-state index in [0.29, 0.717) is 30.2 Å². The Morgan fingerprint density at radius 1 is 1.05 bits per heavy atom. The fourth-order valence-corrected chi connectivity index (χ4v) is 11.3. The summed E-state index contributed by atoms with van der Waals surface area (Å²) in [7, 11) is -1.16. The minimum absolute atomic E-state index is 0.0342. The molecule has 0 bridgehead atoms. The Balaban J connectivity index is 1.68. The van der Waals surface area contributed by atoms with Crippen molar-refractivity contribution >= 4 is 36.0 Å². The highest BCUT2D eigenvalue weighted by molar-refractivity contribution is 6.99. The summed E-state index contributed by atoms with van der Waals surface area (Å²) in [6, 6.07) is 22.5. The number of aliphatic hydroxyl groups excluding tert-OH is 1. The first-order chi connectivity index (χ1) is 20.4. The Hall–Kier alpha value is -3.01. The molecular formula is C34H41ClFN3O3Si. The van der Waals surface area contributed by atoms with Crippen molar-refractivity contribution in [3.63, 3.8) is 0 Å². The van der Waals surface area contributed by atoms with Gasteiger partial charge >= 0.3 is 0 Å². The number of rotatable bonds is 8. The molecule has 1 saturated heterocycles. The van der Waals surface area contributed by atoms with Crippen LogP contribution in [-0.2, 0) is 22.8 Å². The smallest absolute Gasteiger partial charge is 0.261 e. The van der Waals surface area contributed by atoms with Gasteiger partial charge in [0, 0.05) is 43.7 Å². The Morgan fingerprint density at radius 3 is 2.09 bits per heavy atom. The molecule has 228 valence electrons. The van der Waals surface area contributed by atoms with Gasteiger partial charge in [0.1, 0.15) is 22.8 Å². The molecule has 0 saturated carbocycles. The van der Waals surface area contributed by atoms with Crippen LogP contribution in [0.4, 0.5) is 10.1 Å². The summed E-state index contributed by atoms with van der Waals surface area (Å²) in [5.74, 6) is -0.330. The normalized spacial score (nSPS) is 18.6. The molecule has 0 amide bonds. The highest BCUT2D eigenvalue weighted by atomic mass is 35.5. The molecule has 1 aliphatic heterocycles. The van der Waals surface area contributed by atoms with Crippen molar-refractivity contribution in [3.05, 3.63) is 107 Å². The zero-order valence-corrected chi connectivity index (χ0v) is 27.5. The molecule has 4 aromatic rings. The first-order valence-corrected chi connectivity index (χ1v) is 17.0. The summed E-state index contributed by atoms with van der Waals surface area (Å²) in [5.41, 5.74) is 1.36. The number of aromatic nitrogens is 2. The van der Waals surface area contributed by atoms with E-state index in [4.69, 9.17) is 20.8 Å². The number of hydrogen-bond donors (Lipinski definition) is 1. The number of hydrogen-bond acceptors (Lipinski definition) is 5. The number of anilines is 1. The summed E-state index contributed by atoms with van der Waals surface area (Å²) in [5, 5.41) is 13.3. The van der Waals surface area contributed by atoms with Gasteiger partial charge in [0.2, 0.25) is 0 Å². The molecule has 1 unspecified atom stereocenters. The van der Waals surface area contributed by atoms with Gasteiger partial charge in [-0.15, -0.1) is 0 Å². The Bertz CT molecular complexity index is 1490. The molecular weight excluding hydrogens is 581 g/mol. The van der Waals surface area contributed by atoms with Gasteiger partial charge in [0.25, 0.3) is 8.32 Å². The Morgan fingerprint density at radius 2 is 1.60 bits per heavy atom. The molecule has 5 rings (SSSR count). The summed E-state index contributed by atoms with van der Waals surface area (Å²) >= 11 is 6.91. The van der Waals surface area contributed by atoms with Crippen molar-refractivity contribution < 1.29 is 18.7 Å². The lowest BCUT2D eigenvalue weighted by Crippen LogP contribution is -2.66. The van der Waals surface area contributed by atoms with Gasteiger partial charge in [0.05, 0.1) is 24.5 Å². The number of morpholine rings is 1. The first kappa shape index (κ1) is 31.4. The van der Waals surface area contributed by atoms with Gasteiger partial charge in [-0.25, -0.2) is 9.37 Å². The molecule has 3 aromatic carbocycles. The van der Waals surface area contributed by atoms with E-state index in [1.54, 1.807) is 30.1 Å². The molecule has 6 nitrogen and oxygen atoms in total. The molecule has 1 aliphatic rings. The largest absolute Gasteiger partial charge is 0.403 e. The zero-order chi connectivity index (χ0) is 30.9. The van der Waals surface area contributed by atoms with Crippen LogP contribution in [0.1, 0.15) is 57.7 Å². The third-order valence-electron chi connectivity index (χ3n) is 8.28. The molecule has 3 atom stereocenters. The van der Waals surface area contributed by atoms with Crippen LogP contribution in [0.5, 0.6) is 0 Å². The molecule has 1 aromatic heterocycles. The molecule has 43 heavy (non-hydrogen) atoms. The monoisotopic (exact) mass is 621 g/mol. The number of ether oxygens (including phenoxy) is 1. The van der Waals surface area contributed by atoms with Gasteiger partial charge in [-0.1, -0.05) is 93.0 Å². The van der Waals surface area contributed by atoms with E-state index in [1.165, 1.54) is 0 Å². The second-order valence-corrected chi connectivity index (χ2v) is 17.2. The van der Waals surface area contributed by atoms with Crippen LogP contribution in [0.2, 0.25) is 10.1 Å². The van der Waals surface area contributed by atoms with Crippen molar-refractivity contribution in [2.24, 2.45) is 7.05 Å². The van der Waals surface area contributed by atoms with Crippen LogP contribution in [-0.4, -0.2) is 48.3 Å². The van der Waals surface area contributed by atoms with E-state index in [2.05, 4.69) is 54.9 Å². The van der Waals surface area contributed by atoms with Gasteiger partial charge in [0.15, 0.2) is 0 Å². The minimum Gasteiger partial charge on any atom is -0.403 e. The lowest BCUT2D eigenvalue weighted by atomic mass is 10.0. The lowest BCUT2D eigenvalue weighted by Gasteiger charge is -2.43. The van der Waals surface area contributed by atoms with Crippen molar-refractivity contribution in [2.45, 2.75) is 64.6 Å². The van der Waals surface area contributed by atoms with E-state index in [1.807, 2.05) is 50.2 Å². The van der Waals surface area contributed by atoms with Gasteiger partial charge in [-0.05, 0) is 35.3 Å². The van der Waals surface area contributed by atoms with Crippen LogP contribution in [0.3, 0.4) is 0 Å². The van der Waals surface area contributed by atoms with Crippen molar-refractivity contribution in [2.75, 3.05) is 18.0 Å². The quantitative estimate of drug-likeness (QED) is 0.245. The fraction of sp³-hybridized carbons (Fsp3) is 0.382. The highest BCUT2D eigenvalue weighted by Crippen LogP contribution is 2.42. The van der Waals surface area contributed by atoms with Crippen molar-refractivity contribution in [1.82, 2.24) is 9.55 Å². The zero-order valence-electron chi connectivity index (χ0n) is 25.7. The third-order valence-corrected chi connectivity index (χ3v) is 13.6. The summed E-state index contributed by atoms with van der Waals surface area (Å²) < 4.78 is 31.1. The fourth-order valence-electron chi connectivity index (χ4n) is 6.43. The summed E-state index contributed by atoms with van der Waals surface area (Å²) in [4.78, 5) is 6.36. The number of imidazole rings is 1.